The van der Waals surface area contributed by atoms with Gasteiger partial charge >= 0.3 is 0 Å². The van der Waals surface area contributed by atoms with Crippen LogP contribution in [0.5, 0.6) is 0 Å². The van der Waals surface area contributed by atoms with Gasteiger partial charge in [0.25, 0.3) is 0 Å². The highest BCUT2D eigenvalue weighted by Gasteiger charge is 2.07. The van der Waals surface area contributed by atoms with E-state index in [-0.39, 0.29) is 0 Å². The molecular formula is C8H14N2O. The molecule has 0 aromatic carbocycles. The molecule has 1 rings (SSSR count). The van der Waals surface area contributed by atoms with Crippen LogP contribution in [0.3, 0.4) is 0 Å². The summed E-state index contributed by atoms with van der Waals surface area (Å²) in [5.74, 6) is 1.85. The summed E-state index contributed by atoms with van der Waals surface area (Å²) in [6, 6.07) is 0. The topological polar surface area (TPSA) is 38.9 Å². The number of aromatic nitrogens is 2. The Morgan fingerprint density at radius 1 is 1.36 bits per heavy atom. The largest absolute Gasteiger partial charge is 0.425 e. The first-order valence-electron chi connectivity index (χ1n) is 4.06. The van der Waals surface area contributed by atoms with Crippen LogP contribution in [0.4, 0.5) is 0 Å². The molecule has 0 saturated carbocycles. The van der Waals surface area contributed by atoms with Gasteiger partial charge in [-0.3, -0.25) is 0 Å². The summed E-state index contributed by atoms with van der Waals surface area (Å²) in [7, 11) is 0. The summed E-state index contributed by atoms with van der Waals surface area (Å²) in [5.41, 5.74) is 0. The van der Waals surface area contributed by atoms with Crippen LogP contribution in [0.2, 0.25) is 0 Å². The average Bonchev–Trinajstić information content (AvgIpc) is 2.37. The van der Waals surface area contributed by atoms with Gasteiger partial charge in [-0.1, -0.05) is 20.8 Å². The van der Waals surface area contributed by atoms with E-state index in [2.05, 4.69) is 17.1 Å². The van der Waals surface area contributed by atoms with Crippen molar-refractivity contribution in [2.75, 3.05) is 0 Å². The van der Waals surface area contributed by atoms with Crippen molar-refractivity contribution >= 4 is 0 Å². The van der Waals surface area contributed by atoms with Crippen LogP contribution in [-0.4, -0.2) is 10.2 Å². The molecule has 0 aliphatic carbocycles. The van der Waals surface area contributed by atoms with Crippen LogP contribution in [0, 0.1) is 0 Å². The van der Waals surface area contributed by atoms with Gasteiger partial charge in [-0.15, -0.1) is 10.2 Å². The number of aryl methyl sites for hydroxylation is 1. The van der Waals surface area contributed by atoms with Gasteiger partial charge in [0.15, 0.2) is 0 Å². The summed E-state index contributed by atoms with van der Waals surface area (Å²) in [5, 5.41) is 7.83. The second-order valence-electron chi connectivity index (χ2n) is 2.94. The third kappa shape index (κ3) is 2.03. The maximum atomic E-state index is 5.36. The standard InChI is InChI=1S/C8H14N2O/c1-4-5-7-9-10-8(11-7)6(2)3/h6H,4-5H2,1-3H3. The fraction of sp³-hybridized carbons (Fsp3) is 0.750. The lowest BCUT2D eigenvalue weighted by Gasteiger charge is -1.93. The molecule has 0 unspecified atom stereocenters. The van der Waals surface area contributed by atoms with E-state index in [4.69, 9.17) is 4.42 Å². The second kappa shape index (κ2) is 3.51. The molecule has 0 radical (unpaired) electrons. The Morgan fingerprint density at radius 2 is 2.09 bits per heavy atom. The molecule has 0 aliphatic heterocycles. The van der Waals surface area contributed by atoms with Crippen LogP contribution in [-0.2, 0) is 6.42 Å². The zero-order valence-electron chi connectivity index (χ0n) is 7.29. The summed E-state index contributed by atoms with van der Waals surface area (Å²) >= 11 is 0. The van der Waals surface area contributed by atoms with Crippen molar-refractivity contribution < 1.29 is 4.42 Å². The highest BCUT2D eigenvalue weighted by Crippen LogP contribution is 2.12. The first kappa shape index (κ1) is 8.24. The smallest absolute Gasteiger partial charge is 0.219 e. The third-order valence-corrected chi connectivity index (χ3v) is 1.44. The molecule has 0 amide bonds. The van der Waals surface area contributed by atoms with E-state index < -0.39 is 0 Å². The molecule has 1 aromatic rings. The third-order valence-electron chi connectivity index (χ3n) is 1.44. The Kier molecular flexibility index (Phi) is 2.63. The Labute approximate surface area is 66.8 Å². The normalized spacial score (nSPS) is 10.9. The SMILES string of the molecule is CCCc1nnc(C(C)C)o1. The fourth-order valence-electron chi connectivity index (χ4n) is 0.815. The number of rotatable bonds is 3. The van der Waals surface area contributed by atoms with Crippen molar-refractivity contribution in [1.29, 1.82) is 0 Å². The van der Waals surface area contributed by atoms with E-state index in [1.807, 2.05) is 13.8 Å². The Bertz CT molecular complexity index is 218. The number of hydrogen-bond acceptors (Lipinski definition) is 3. The van der Waals surface area contributed by atoms with Crippen molar-refractivity contribution in [2.45, 2.75) is 39.5 Å². The summed E-state index contributed by atoms with van der Waals surface area (Å²) in [4.78, 5) is 0. The van der Waals surface area contributed by atoms with Gasteiger partial charge < -0.3 is 4.42 Å². The molecule has 3 nitrogen and oxygen atoms in total. The monoisotopic (exact) mass is 154 g/mol. The molecule has 0 aliphatic rings. The predicted octanol–water partition coefficient (Wildman–Crippen LogP) is 2.15. The van der Waals surface area contributed by atoms with Crippen molar-refractivity contribution in [3.05, 3.63) is 11.8 Å². The lowest BCUT2D eigenvalue weighted by Crippen LogP contribution is -1.85. The Hall–Kier alpha value is -0.860. The molecule has 62 valence electrons. The molecule has 0 N–H and O–H groups in total. The molecule has 0 saturated heterocycles. The van der Waals surface area contributed by atoms with Crippen LogP contribution < -0.4 is 0 Å². The van der Waals surface area contributed by atoms with Gasteiger partial charge in [-0.05, 0) is 6.42 Å². The summed E-state index contributed by atoms with van der Waals surface area (Å²) < 4.78 is 5.36. The maximum Gasteiger partial charge on any atom is 0.219 e. The summed E-state index contributed by atoms with van der Waals surface area (Å²) in [6.07, 6.45) is 1.94. The number of hydrogen-bond donors (Lipinski definition) is 0. The van der Waals surface area contributed by atoms with Crippen molar-refractivity contribution in [3.8, 4) is 0 Å². The minimum atomic E-state index is 0.341. The van der Waals surface area contributed by atoms with Crippen LogP contribution in [0.25, 0.3) is 0 Å². The lowest BCUT2D eigenvalue weighted by molar-refractivity contribution is 0.430. The van der Waals surface area contributed by atoms with E-state index in [0.717, 1.165) is 24.6 Å². The maximum absolute atomic E-state index is 5.36. The number of nitrogens with zero attached hydrogens (tertiary/aromatic N) is 2. The van der Waals surface area contributed by atoms with Gasteiger partial charge in [-0.25, -0.2) is 0 Å². The molecule has 0 spiro atoms. The second-order valence-corrected chi connectivity index (χ2v) is 2.94. The average molecular weight is 154 g/mol. The van der Waals surface area contributed by atoms with Crippen molar-refractivity contribution in [2.24, 2.45) is 0 Å². The van der Waals surface area contributed by atoms with Crippen molar-refractivity contribution in [3.63, 3.8) is 0 Å². The summed E-state index contributed by atoms with van der Waals surface area (Å²) in [6.45, 7) is 6.19. The Morgan fingerprint density at radius 3 is 2.55 bits per heavy atom. The minimum absolute atomic E-state index is 0.341. The van der Waals surface area contributed by atoms with Gasteiger partial charge in [0, 0.05) is 12.3 Å². The molecule has 11 heavy (non-hydrogen) atoms. The van der Waals surface area contributed by atoms with Gasteiger partial charge in [-0.2, -0.15) is 0 Å². The van der Waals surface area contributed by atoms with Gasteiger partial charge in [0.05, 0.1) is 0 Å². The van der Waals surface area contributed by atoms with Crippen LogP contribution in [0.1, 0.15) is 44.9 Å². The van der Waals surface area contributed by atoms with E-state index >= 15 is 0 Å². The highest BCUT2D eigenvalue weighted by molar-refractivity contribution is 4.86. The van der Waals surface area contributed by atoms with E-state index in [0.29, 0.717) is 5.92 Å². The van der Waals surface area contributed by atoms with E-state index in [9.17, 15) is 0 Å². The molecule has 0 fully saturated rings. The molecule has 3 heteroatoms. The van der Waals surface area contributed by atoms with Crippen LogP contribution >= 0.6 is 0 Å². The quantitative estimate of drug-likeness (QED) is 0.669. The first-order valence-corrected chi connectivity index (χ1v) is 4.06. The van der Waals surface area contributed by atoms with Crippen LogP contribution in [0.15, 0.2) is 4.42 Å². The lowest BCUT2D eigenvalue weighted by atomic mass is 10.2. The van der Waals surface area contributed by atoms with Gasteiger partial charge in [0.2, 0.25) is 11.8 Å². The zero-order chi connectivity index (χ0) is 8.27. The van der Waals surface area contributed by atoms with Gasteiger partial charge in [0.1, 0.15) is 0 Å². The zero-order valence-corrected chi connectivity index (χ0v) is 7.29. The predicted molar refractivity (Wildman–Crippen MR) is 42.4 cm³/mol. The molecule has 1 aromatic heterocycles. The fourth-order valence-corrected chi connectivity index (χ4v) is 0.815. The minimum Gasteiger partial charge on any atom is -0.425 e. The van der Waals surface area contributed by atoms with Crippen molar-refractivity contribution in [1.82, 2.24) is 10.2 Å². The molecular weight excluding hydrogens is 140 g/mol. The highest BCUT2D eigenvalue weighted by atomic mass is 16.4. The van der Waals surface area contributed by atoms with E-state index in [1.165, 1.54) is 0 Å². The first-order chi connectivity index (χ1) is 5.24. The molecule has 1 heterocycles. The molecule has 0 atom stereocenters. The Balaban J connectivity index is 2.66. The van der Waals surface area contributed by atoms with E-state index in [1.54, 1.807) is 0 Å². The molecule has 0 bridgehead atoms.